The summed E-state index contributed by atoms with van der Waals surface area (Å²) in [5.74, 6) is -0.356. The van der Waals surface area contributed by atoms with E-state index in [-0.39, 0.29) is 12.0 Å². The Morgan fingerprint density at radius 2 is 2.42 bits per heavy atom. The number of carboxylic acid groups (broad SMARTS) is 1. The average molecular weight is 264 g/mol. The fourth-order valence-corrected chi connectivity index (χ4v) is 2.18. The van der Waals surface area contributed by atoms with Gasteiger partial charge < -0.3 is 14.6 Å². The lowest BCUT2D eigenvalue weighted by atomic mass is 10.0. The van der Waals surface area contributed by atoms with Gasteiger partial charge in [-0.2, -0.15) is 0 Å². The zero-order valence-corrected chi connectivity index (χ0v) is 11.2. The molecule has 1 aliphatic heterocycles. The summed E-state index contributed by atoms with van der Waals surface area (Å²) < 4.78 is 11.2. The maximum Gasteiger partial charge on any atom is 0.306 e. The van der Waals surface area contributed by atoms with Gasteiger partial charge in [-0.25, -0.2) is 0 Å². The lowest BCUT2D eigenvalue weighted by Gasteiger charge is -2.23. The number of carboxylic acids is 1. The van der Waals surface area contributed by atoms with Crippen molar-refractivity contribution in [1.29, 1.82) is 0 Å². The molecule has 104 valence electrons. The van der Waals surface area contributed by atoms with Gasteiger partial charge in [0.25, 0.3) is 0 Å². The summed E-state index contributed by atoms with van der Waals surface area (Å²) in [4.78, 5) is 10.9. The molecule has 1 aromatic rings. The number of rotatable bonds is 5. The van der Waals surface area contributed by atoms with Crippen LogP contribution in [0.2, 0.25) is 0 Å². The Kier molecular flexibility index (Phi) is 4.80. The molecule has 4 heteroatoms. The normalized spacial score (nSPS) is 20.8. The highest BCUT2D eigenvalue weighted by atomic mass is 16.5. The van der Waals surface area contributed by atoms with Crippen molar-refractivity contribution >= 4 is 5.97 Å². The molecule has 0 radical (unpaired) electrons. The van der Waals surface area contributed by atoms with Crippen molar-refractivity contribution in [2.24, 2.45) is 5.92 Å². The van der Waals surface area contributed by atoms with Crippen LogP contribution in [0.25, 0.3) is 0 Å². The summed E-state index contributed by atoms with van der Waals surface area (Å²) >= 11 is 0. The molecule has 1 saturated heterocycles. The molecule has 4 nitrogen and oxygen atoms in total. The molecule has 1 N–H and O–H groups in total. The van der Waals surface area contributed by atoms with E-state index < -0.39 is 5.97 Å². The highest BCUT2D eigenvalue weighted by Crippen LogP contribution is 2.20. The maximum absolute atomic E-state index is 10.9. The fourth-order valence-electron chi connectivity index (χ4n) is 2.18. The molecule has 1 heterocycles. The molecule has 1 aliphatic rings. The van der Waals surface area contributed by atoms with Crippen molar-refractivity contribution in [3.05, 3.63) is 29.8 Å². The number of ether oxygens (including phenoxy) is 2. The molecule has 0 bridgehead atoms. The quantitative estimate of drug-likeness (QED) is 0.887. The summed E-state index contributed by atoms with van der Waals surface area (Å²) in [6.07, 6.45) is 2.67. The van der Waals surface area contributed by atoms with Crippen LogP contribution in [0.1, 0.15) is 25.3 Å². The third kappa shape index (κ3) is 4.24. The molecule has 1 aromatic carbocycles. The van der Waals surface area contributed by atoms with E-state index >= 15 is 0 Å². The molecule has 0 amide bonds. The Hall–Kier alpha value is -1.55. The second-order valence-corrected chi connectivity index (χ2v) is 5.05. The summed E-state index contributed by atoms with van der Waals surface area (Å²) in [6.45, 7) is 3.16. The molecule has 2 rings (SSSR count). The topological polar surface area (TPSA) is 55.8 Å². The van der Waals surface area contributed by atoms with Gasteiger partial charge in [-0.05, 0) is 37.0 Å². The molecule has 19 heavy (non-hydrogen) atoms. The first-order valence-corrected chi connectivity index (χ1v) is 6.71. The molecule has 0 saturated carbocycles. The average Bonchev–Trinajstić information content (AvgIpc) is 2.40. The number of carbonyl (C=O) groups is 1. The van der Waals surface area contributed by atoms with Crippen molar-refractivity contribution in [2.75, 3.05) is 13.2 Å². The van der Waals surface area contributed by atoms with E-state index in [9.17, 15) is 4.79 Å². The van der Waals surface area contributed by atoms with Crippen molar-refractivity contribution in [1.82, 2.24) is 0 Å². The standard InChI is InChI=1S/C15H20O4/c1-11(15(16)17)8-12-4-2-5-13(9-12)19-14-6-3-7-18-10-14/h2,4-5,9,11,14H,3,6-8,10H2,1H3,(H,16,17). The predicted molar refractivity (Wildman–Crippen MR) is 71.4 cm³/mol. The molecule has 2 atom stereocenters. The van der Waals surface area contributed by atoms with Crippen LogP contribution in [-0.4, -0.2) is 30.4 Å². The van der Waals surface area contributed by atoms with E-state index in [4.69, 9.17) is 14.6 Å². The van der Waals surface area contributed by atoms with Crippen LogP contribution < -0.4 is 4.74 Å². The first-order valence-electron chi connectivity index (χ1n) is 6.71. The van der Waals surface area contributed by atoms with Crippen LogP contribution in [0.4, 0.5) is 0 Å². The molecule has 0 aromatic heterocycles. The minimum atomic E-state index is -0.771. The lowest BCUT2D eigenvalue weighted by Crippen LogP contribution is -2.28. The minimum absolute atomic E-state index is 0.112. The monoisotopic (exact) mass is 264 g/mol. The van der Waals surface area contributed by atoms with Crippen LogP contribution in [0.3, 0.4) is 0 Å². The first kappa shape index (κ1) is 13.9. The maximum atomic E-state index is 10.9. The van der Waals surface area contributed by atoms with Crippen LogP contribution >= 0.6 is 0 Å². The number of aliphatic carboxylic acids is 1. The van der Waals surface area contributed by atoms with Gasteiger partial charge in [0.2, 0.25) is 0 Å². The zero-order valence-electron chi connectivity index (χ0n) is 11.2. The van der Waals surface area contributed by atoms with Crippen LogP contribution in [0.15, 0.2) is 24.3 Å². The Morgan fingerprint density at radius 3 is 3.11 bits per heavy atom. The highest BCUT2D eigenvalue weighted by molar-refractivity contribution is 5.69. The molecule has 0 spiro atoms. The summed E-state index contributed by atoms with van der Waals surface area (Å²) in [5.41, 5.74) is 0.990. The molecular weight excluding hydrogens is 244 g/mol. The third-order valence-corrected chi connectivity index (χ3v) is 3.28. The van der Waals surface area contributed by atoms with Gasteiger partial charge in [0.1, 0.15) is 11.9 Å². The van der Waals surface area contributed by atoms with Gasteiger partial charge in [0.15, 0.2) is 0 Å². The number of hydrogen-bond donors (Lipinski definition) is 1. The van der Waals surface area contributed by atoms with Crippen LogP contribution in [0, 0.1) is 5.92 Å². The van der Waals surface area contributed by atoms with Crippen LogP contribution in [-0.2, 0) is 16.0 Å². The minimum Gasteiger partial charge on any atom is -0.488 e. The van der Waals surface area contributed by atoms with Gasteiger partial charge in [-0.1, -0.05) is 19.1 Å². The van der Waals surface area contributed by atoms with Gasteiger partial charge in [0.05, 0.1) is 12.5 Å². The largest absolute Gasteiger partial charge is 0.488 e. The van der Waals surface area contributed by atoms with Gasteiger partial charge in [0, 0.05) is 6.61 Å². The molecule has 0 aliphatic carbocycles. The predicted octanol–water partition coefficient (Wildman–Crippen LogP) is 2.51. The first-order chi connectivity index (χ1) is 9.15. The van der Waals surface area contributed by atoms with Crippen molar-refractivity contribution in [2.45, 2.75) is 32.3 Å². The Labute approximate surface area is 113 Å². The molecule has 2 unspecified atom stereocenters. The molecular formula is C15H20O4. The SMILES string of the molecule is CC(Cc1cccc(OC2CCCOC2)c1)C(=O)O. The Bertz CT molecular complexity index is 424. The van der Waals surface area contributed by atoms with E-state index in [1.54, 1.807) is 6.92 Å². The van der Waals surface area contributed by atoms with Gasteiger partial charge in [-0.15, -0.1) is 0 Å². The third-order valence-electron chi connectivity index (χ3n) is 3.28. The van der Waals surface area contributed by atoms with Gasteiger partial charge in [-0.3, -0.25) is 4.79 Å². The number of hydrogen-bond acceptors (Lipinski definition) is 3. The van der Waals surface area contributed by atoms with Crippen molar-refractivity contribution in [3.63, 3.8) is 0 Å². The van der Waals surface area contributed by atoms with Gasteiger partial charge >= 0.3 is 5.97 Å². The number of benzene rings is 1. The van der Waals surface area contributed by atoms with E-state index in [2.05, 4.69) is 0 Å². The highest BCUT2D eigenvalue weighted by Gasteiger charge is 2.16. The van der Waals surface area contributed by atoms with E-state index in [1.165, 1.54) is 0 Å². The molecule has 1 fully saturated rings. The van der Waals surface area contributed by atoms with E-state index in [1.807, 2.05) is 24.3 Å². The summed E-state index contributed by atoms with van der Waals surface area (Å²) in [7, 11) is 0. The summed E-state index contributed by atoms with van der Waals surface area (Å²) in [5, 5.41) is 8.93. The summed E-state index contributed by atoms with van der Waals surface area (Å²) in [6, 6.07) is 7.67. The zero-order chi connectivity index (χ0) is 13.7. The van der Waals surface area contributed by atoms with Crippen molar-refractivity contribution in [3.8, 4) is 5.75 Å². The van der Waals surface area contributed by atoms with E-state index in [0.29, 0.717) is 13.0 Å². The Morgan fingerprint density at radius 1 is 1.58 bits per heavy atom. The lowest BCUT2D eigenvalue weighted by molar-refractivity contribution is -0.141. The fraction of sp³-hybridized carbons (Fsp3) is 0.533. The van der Waals surface area contributed by atoms with E-state index in [0.717, 1.165) is 30.8 Å². The second kappa shape index (κ2) is 6.57. The smallest absolute Gasteiger partial charge is 0.306 e. The van der Waals surface area contributed by atoms with Crippen molar-refractivity contribution < 1.29 is 19.4 Å². The van der Waals surface area contributed by atoms with Crippen LogP contribution in [0.5, 0.6) is 5.75 Å². The Balaban J connectivity index is 1.96. The second-order valence-electron chi connectivity index (χ2n) is 5.05.